The minimum Gasteiger partial charge on any atom is -0.355 e. The van der Waals surface area contributed by atoms with Gasteiger partial charge >= 0.3 is 0 Å². The van der Waals surface area contributed by atoms with Crippen molar-refractivity contribution in [2.75, 3.05) is 38.1 Å². The van der Waals surface area contributed by atoms with Gasteiger partial charge in [0, 0.05) is 25.8 Å². The Labute approximate surface area is 91.7 Å². The van der Waals surface area contributed by atoms with E-state index in [1.54, 1.807) is 0 Å². The monoisotopic (exact) mass is 205 g/mol. The van der Waals surface area contributed by atoms with E-state index in [0.29, 0.717) is 0 Å². The molecular weight excluding hydrogens is 186 g/mol. The molecule has 0 atom stereocenters. The number of rotatable bonds is 1. The van der Waals surface area contributed by atoms with Gasteiger partial charge in [0.2, 0.25) is 0 Å². The highest BCUT2D eigenvalue weighted by Gasteiger charge is 2.12. The maximum atomic E-state index is 4.48. The van der Waals surface area contributed by atoms with Crippen LogP contribution in [0.2, 0.25) is 0 Å². The van der Waals surface area contributed by atoms with Crippen molar-refractivity contribution in [2.24, 2.45) is 0 Å². The van der Waals surface area contributed by atoms with Gasteiger partial charge in [0.1, 0.15) is 5.82 Å². The van der Waals surface area contributed by atoms with E-state index in [1.165, 1.54) is 18.5 Å². The summed E-state index contributed by atoms with van der Waals surface area (Å²) in [5.74, 6) is 1.12. The molecule has 2 rings (SSSR count). The Kier molecular flexibility index (Phi) is 3.21. The Morgan fingerprint density at radius 3 is 2.73 bits per heavy atom. The van der Waals surface area contributed by atoms with Crippen LogP contribution in [0.5, 0.6) is 0 Å². The Hall–Kier alpha value is -1.09. The smallest absolute Gasteiger partial charge is 0.128 e. The number of likely N-dealkylation sites (N-methyl/N-ethyl adjacent to an activating group) is 1. The third-order valence-electron chi connectivity index (χ3n) is 2.94. The van der Waals surface area contributed by atoms with Gasteiger partial charge in [-0.05, 0) is 38.6 Å². The molecule has 1 aromatic rings. The molecule has 0 unspecified atom stereocenters. The van der Waals surface area contributed by atoms with Crippen LogP contribution in [0.25, 0.3) is 0 Å². The number of nitrogens with zero attached hydrogens (tertiary/aromatic N) is 3. The summed E-state index contributed by atoms with van der Waals surface area (Å²) in [5.41, 5.74) is 1.23. The molecule has 0 bridgehead atoms. The quantitative estimate of drug-likeness (QED) is 0.693. The highest BCUT2D eigenvalue weighted by Crippen LogP contribution is 2.13. The van der Waals surface area contributed by atoms with E-state index >= 15 is 0 Å². The number of hydrogen-bond acceptors (Lipinski definition) is 3. The molecule has 15 heavy (non-hydrogen) atoms. The lowest BCUT2D eigenvalue weighted by Gasteiger charge is -2.21. The first-order chi connectivity index (χ1) is 7.25. The van der Waals surface area contributed by atoms with Gasteiger partial charge in [-0.2, -0.15) is 0 Å². The number of aromatic nitrogens is 1. The van der Waals surface area contributed by atoms with Crippen molar-refractivity contribution in [3.63, 3.8) is 0 Å². The maximum Gasteiger partial charge on any atom is 0.128 e. The van der Waals surface area contributed by atoms with E-state index in [0.717, 1.165) is 25.5 Å². The topological polar surface area (TPSA) is 19.4 Å². The zero-order valence-electron chi connectivity index (χ0n) is 9.61. The zero-order chi connectivity index (χ0) is 10.7. The molecule has 0 aliphatic carbocycles. The molecular formula is C12H19N3. The van der Waals surface area contributed by atoms with Crippen molar-refractivity contribution >= 4 is 5.82 Å². The van der Waals surface area contributed by atoms with Gasteiger partial charge < -0.3 is 9.80 Å². The molecule has 1 fully saturated rings. The summed E-state index contributed by atoms with van der Waals surface area (Å²) in [7, 11) is 2.19. The second-order valence-corrected chi connectivity index (χ2v) is 4.34. The van der Waals surface area contributed by atoms with E-state index in [-0.39, 0.29) is 0 Å². The van der Waals surface area contributed by atoms with Crippen molar-refractivity contribution in [3.8, 4) is 0 Å². The first-order valence-electron chi connectivity index (χ1n) is 5.62. The SMILES string of the molecule is Cc1ccc(N2CCCN(C)CC2)nc1. The first-order valence-corrected chi connectivity index (χ1v) is 5.62. The van der Waals surface area contributed by atoms with E-state index in [1.807, 2.05) is 6.20 Å². The average Bonchev–Trinajstić information content (AvgIpc) is 2.44. The number of anilines is 1. The van der Waals surface area contributed by atoms with Crippen LogP contribution in [0, 0.1) is 6.92 Å². The summed E-state index contributed by atoms with van der Waals surface area (Å²) in [6, 6.07) is 4.26. The molecule has 1 aliphatic rings. The predicted octanol–water partition coefficient (Wildman–Crippen LogP) is 1.53. The van der Waals surface area contributed by atoms with E-state index in [9.17, 15) is 0 Å². The summed E-state index contributed by atoms with van der Waals surface area (Å²) in [4.78, 5) is 9.24. The molecule has 2 heterocycles. The van der Waals surface area contributed by atoms with Gasteiger partial charge in [0.15, 0.2) is 0 Å². The normalized spacial score (nSPS) is 18.9. The summed E-state index contributed by atoms with van der Waals surface area (Å²) in [5, 5.41) is 0. The summed E-state index contributed by atoms with van der Waals surface area (Å²) >= 11 is 0. The number of pyridine rings is 1. The predicted molar refractivity (Wildman–Crippen MR) is 63.3 cm³/mol. The molecule has 0 radical (unpaired) electrons. The standard InChI is InChI=1S/C12H19N3/c1-11-4-5-12(13-10-11)15-7-3-6-14(2)8-9-15/h4-5,10H,3,6-9H2,1-2H3. The Morgan fingerprint density at radius 1 is 1.13 bits per heavy atom. The van der Waals surface area contributed by atoms with Gasteiger partial charge in [-0.25, -0.2) is 4.98 Å². The third-order valence-corrected chi connectivity index (χ3v) is 2.94. The van der Waals surface area contributed by atoms with Crippen LogP contribution in [0.1, 0.15) is 12.0 Å². The molecule has 1 aliphatic heterocycles. The Bertz CT molecular complexity index is 307. The molecule has 0 amide bonds. The largest absolute Gasteiger partial charge is 0.355 e. The maximum absolute atomic E-state index is 4.48. The number of hydrogen-bond donors (Lipinski definition) is 0. The molecule has 1 saturated heterocycles. The Morgan fingerprint density at radius 2 is 2.00 bits per heavy atom. The highest BCUT2D eigenvalue weighted by molar-refractivity contribution is 5.39. The molecule has 82 valence electrons. The van der Waals surface area contributed by atoms with Crippen molar-refractivity contribution in [1.29, 1.82) is 0 Å². The second kappa shape index (κ2) is 4.62. The Balaban J connectivity index is 2.06. The summed E-state index contributed by atoms with van der Waals surface area (Å²) in [6.45, 7) is 6.62. The zero-order valence-corrected chi connectivity index (χ0v) is 9.61. The van der Waals surface area contributed by atoms with Gasteiger partial charge in [0.05, 0.1) is 0 Å². The fourth-order valence-electron chi connectivity index (χ4n) is 1.92. The lowest BCUT2D eigenvalue weighted by atomic mass is 10.3. The molecule has 3 nitrogen and oxygen atoms in total. The minimum atomic E-state index is 1.09. The fourth-order valence-corrected chi connectivity index (χ4v) is 1.92. The summed E-state index contributed by atoms with van der Waals surface area (Å²) < 4.78 is 0. The van der Waals surface area contributed by atoms with Crippen LogP contribution in [0.4, 0.5) is 5.82 Å². The van der Waals surface area contributed by atoms with Crippen LogP contribution in [0.3, 0.4) is 0 Å². The van der Waals surface area contributed by atoms with E-state index in [2.05, 4.69) is 40.9 Å². The fraction of sp³-hybridized carbons (Fsp3) is 0.583. The van der Waals surface area contributed by atoms with Gasteiger partial charge in [-0.1, -0.05) is 6.07 Å². The van der Waals surface area contributed by atoms with Crippen LogP contribution in [0.15, 0.2) is 18.3 Å². The lowest BCUT2D eigenvalue weighted by molar-refractivity contribution is 0.360. The van der Waals surface area contributed by atoms with Crippen molar-refractivity contribution < 1.29 is 0 Å². The van der Waals surface area contributed by atoms with Crippen LogP contribution < -0.4 is 4.90 Å². The average molecular weight is 205 g/mol. The molecule has 0 spiro atoms. The third kappa shape index (κ3) is 2.69. The number of aryl methyl sites for hydroxylation is 1. The van der Waals surface area contributed by atoms with Gasteiger partial charge in [-0.15, -0.1) is 0 Å². The van der Waals surface area contributed by atoms with Crippen LogP contribution >= 0.6 is 0 Å². The van der Waals surface area contributed by atoms with Crippen molar-refractivity contribution in [2.45, 2.75) is 13.3 Å². The van der Waals surface area contributed by atoms with E-state index < -0.39 is 0 Å². The van der Waals surface area contributed by atoms with Gasteiger partial charge in [-0.3, -0.25) is 0 Å². The summed E-state index contributed by atoms with van der Waals surface area (Å²) in [6.07, 6.45) is 3.18. The lowest BCUT2D eigenvalue weighted by Crippen LogP contribution is -2.29. The van der Waals surface area contributed by atoms with E-state index in [4.69, 9.17) is 0 Å². The van der Waals surface area contributed by atoms with Gasteiger partial charge in [0.25, 0.3) is 0 Å². The molecule has 3 heteroatoms. The van der Waals surface area contributed by atoms with Crippen LogP contribution in [-0.2, 0) is 0 Å². The first kappa shape index (κ1) is 10.4. The molecule has 1 aromatic heterocycles. The van der Waals surface area contributed by atoms with Crippen LogP contribution in [-0.4, -0.2) is 43.1 Å². The molecule has 0 N–H and O–H groups in total. The molecule has 0 aromatic carbocycles. The minimum absolute atomic E-state index is 1.09. The van der Waals surface area contributed by atoms with Crippen molar-refractivity contribution in [1.82, 2.24) is 9.88 Å². The van der Waals surface area contributed by atoms with Crippen molar-refractivity contribution in [3.05, 3.63) is 23.9 Å². The second-order valence-electron chi connectivity index (χ2n) is 4.34. The highest BCUT2D eigenvalue weighted by atomic mass is 15.2. The molecule has 0 saturated carbocycles.